The van der Waals surface area contributed by atoms with E-state index in [1.807, 2.05) is 7.05 Å². The summed E-state index contributed by atoms with van der Waals surface area (Å²) in [6, 6.07) is 1.26. The SMILES string of the molecule is CNCCCNC(=O)c1cc(S(=O)(=O)N(C)C)oc1C.Cl. The Morgan fingerprint density at radius 2 is 1.95 bits per heavy atom. The maximum atomic E-state index is 11.9. The van der Waals surface area contributed by atoms with Gasteiger partial charge in [0, 0.05) is 26.7 Å². The molecular weight excluding hydrogens is 318 g/mol. The van der Waals surface area contributed by atoms with E-state index in [2.05, 4.69) is 10.6 Å². The molecule has 7 nitrogen and oxygen atoms in total. The predicted octanol–water partition coefficient (Wildman–Crippen LogP) is 0.599. The van der Waals surface area contributed by atoms with Gasteiger partial charge in [0.1, 0.15) is 5.76 Å². The van der Waals surface area contributed by atoms with Gasteiger partial charge in [-0.2, -0.15) is 0 Å². The lowest BCUT2D eigenvalue weighted by molar-refractivity contribution is 0.0951. The number of carbonyl (C=O) groups is 1. The smallest absolute Gasteiger partial charge is 0.275 e. The molecule has 0 saturated carbocycles. The third-order valence-corrected chi connectivity index (χ3v) is 4.43. The molecule has 0 spiro atoms. The first-order chi connectivity index (χ1) is 9.30. The average molecular weight is 340 g/mol. The van der Waals surface area contributed by atoms with Crippen molar-refractivity contribution < 1.29 is 17.6 Å². The molecule has 0 aliphatic heterocycles. The van der Waals surface area contributed by atoms with Gasteiger partial charge in [0.15, 0.2) is 0 Å². The topological polar surface area (TPSA) is 91.6 Å². The lowest BCUT2D eigenvalue weighted by Gasteiger charge is -2.07. The number of carbonyl (C=O) groups excluding carboxylic acids is 1. The summed E-state index contributed by atoms with van der Waals surface area (Å²) in [4.78, 5) is 11.9. The van der Waals surface area contributed by atoms with Crippen molar-refractivity contribution in [3.05, 3.63) is 17.4 Å². The molecule has 1 aromatic rings. The van der Waals surface area contributed by atoms with Crippen LogP contribution in [-0.4, -0.2) is 52.9 Å². The van der Waals surface area contributed by atoms with E-state index in [-0.39, 0.29) is 34.7 Å². The zero-order chi connectivity index (χ0) is 15.3. The quantitative estimate of drug-likeness (QED) is 0.710. The minimum absolute atomic E-state index is 0. The number of aryl methyl sites for hydroxylation is 1. The average Bonchev–Trinajstić information content (AvgIpc) is 2.77. The number of nitrogens with zero attached hydrogens (tertiary/aromatic N) is 1. The number of halogens is 1. The molecule has 0 aliphatic rings. The predicted molar refractivity (Wildman–Crippen MR) is 82.4 cm³/mol. The number of hydrogen-bond acceptors (Lipinski definition) is 5. The van der Waals surface area contributed by atoms with Crippen LogP contribution in [0.1, 0.15) is 22.5 Å². The molecule has 1 rings (SSSR count). The monoisotopic (exact) mass is 339 g/mol. The summed E-state index contributed by atoms with van der Waals surface area (Å²) < 4.78 is 30.1. The molecule has 1 amide bonds. The van der Waals surface area contributed by atoms with Crippen molar-refractivity contribution in [2.45, 2.75) is 18.4 Å². The van der Waals surface area contributed by atoms with Crippen molar-refractivity contribution >= 4 is 28.3 Å². The van der Waals surface area contributed by atoms with Crippen molar-refractivity contribution in [2.75, 3.05) is 34.2 Å². The van der Waals surface area contributed by atoms with Crippen LogP contribution in [-0.2, 0) is 10.0 Å². The molecular formula is C12H22ClN3O4S. The van der Waals surface area contributed by atoms with Gasteiger partial charge in [0.25, 0.3) is 15.9 Å². The van der Waals surface area contributed by atoms with Gasteiger partial charge < -0.3 is 15.1 Å². The lowest BCUT2D eigenvalue weighted by atomic mass is 10.2. The van der Waals surface area contributed by atoms with E-state index in [1.165, 1.54) is 20.2 Å². The molecule has 122 valence electrons. The van der Waals surface area contributed by atoms with Crippen LogP contribution in [0.2, 0.25) is 0 Å². The third-order valence-electron chi connectivity index (χ3n) is 2.76. The fraction of sp³-hybridized carbons (Fsp3) is 0.583. The molecule has 2 N–H and O–H groups in total. The van der Waals surface area contributed by atoms with Gasteiger partial charge in [-0.3, -0.25) is 4.79 Å². The summed E-state index contributed by atoms with van der Waals surface area (Å²) in [5.74, 6) is -0.0425. The van der Waals surface area contributed by atoms with Gasteiger partial charge in [-0.05, 0) is 26.9 Å². The Morgan fingerprint density at radius 1 is 1.33 bits per heavy atom. The zero-order valence-electron chi connectivity index (χ0n) is 12.6. The Balaban J connectivity index is 0.00000400. The van der Waals surface area contributed by atoms with Crippen LogP contribution in [0.15, 0.2) is 15.6 Å². The Hall–Kier alpha value is -1.09. The fourth-order valence-corrected chi connectivity index (χ4v) is 2.41. The minimum Gasteiger partial charge on any atom is -0.448 e. The van der Waals surface area contributed by atoms with E-state index in [9.17, 15) is 13.2 Å². The standard InChI is InChI=1S/C12H21N3O4S.ClH/c1-9-10(12(16)14-7-5-6-13-2)8-11(19-9)20(17,18)15(3)4;/h8,13H,5-7H2,1-4H3,(H,14,16);1H. The number of rotatable bonds is 7. The number of hydrogen-bond donors (Lipinski definition) is 2. The highest BCUT2D eigenvalue weighted by atomic mass is 35.5. The summed E-state index contributed by atoms with van der Waals surface area (Å²) in [6.45, 7) is 2.88. The summed E-state index contributed by atoms with van der Waals surface area (Å²) in [7, 11) is 0.984. The molecule has 0 radical (unpaired) electrons. The molecule has 0 unspecified atom stereocenters. The number of sulfonamides is 1. The molecule has 0 saturated heterocycles. The number of nitrogens with one attached hydrogen (secondary N) is 2. The number of furan rings is 1. The Morgan fingerprint density at radius 3 is 2.48 bits per heavy atom. The molecule has 21 heavy (non-hydrogen) atoms. The van der Waals surface area contributed by atoms with Gasteiger partial charge in [-0.1, -0.05) is 0 Å². The highest BCUT2D eigenvalue weighted by Crippen LogP contribution is 2.21. The van der Waals surface area contributed by atoms with Crippen LogP contribution in [0, 0.1) is 6.92 Å². The van der Waals surface area contributed by atoms with Gasteiger partial charge in [0.2, 0.25) is 5.09 Å². The third kappa shape index (κ3) is 4.99. The normalized spacial score (nSPS) is 11.3. The van der Waals surface area contributed by atoms with E-state index in [1.54, 1.807) is 6.92 Å². The van der Waals surface area contributed by atoms with E-state index < -0.39 is 10.0 Å². The van der Waals surface area contributed by atoms with Crippen LogP contribution in [0.25, 0.3) is 0 Å². The van der Waals surface area contributed by atoms with Crippen molar-refractivity contribution in [2.24, 2.45) is 0 Å². The van der Waals surface area contributed by atoms with Crippen LogP contribution in [0.5, 0.6) is 0 Å². The number of amides is 1. The first kappa shape index (κ1) is 19.9. The summed E-state index contributed by atoms with van der Waals surface area (Å²) in [5, 5.41) is 5.47. The van der Waals surface area contributed by atoms with Gasteiger partial charge in [-0.15, -0.1) is 12.4 Å². The minimum atomic E-state index is -3.66. The van der Waals surface area contributed by atoms with Gasteiger partial charge in [-0.25, -0.2) is 12.7 Å². The van der Waals surface area contributed by atoms with Crippen molar-refractivity contribution in [1.82, 2.24) is 14.9 Å². The second kappa shape index (κ2) is 8.38. The van der Waals surface area contributed by atoms with Crippen molar-refractivity contribution in [3.63, 3.8) is 0 Å². The zero-order valence-corrected chi connectivity index (χ0v) is 14.2. The second-order valence-electron chi connectivity index (χ2n) is 4.54. The fourth-order valence-electron chi connectivity index (χ4n) is 1.55. The molecule has 0 fully saturated rings. The highest BCUT2D eigenvalue weighted by Gasteiger charge is 2.25. The Kier molecular flexibility index (Phi) is 7.94. The van der Waals surface area contributed by atoms with Crippen LogP contribution >= 0.6 is 12.4 Å². The van der Waals surface area contributed by atoms with Crippen molar-refractivity contribution in [3.8, 4) is 0 Å². The molecule has 0 atom stereocenters. The summed E-state index contributed by atoms with van der Waals surface area (Å²) >= 11 is 0. The van der Waals surface area contributed by atoms with Crippen molar-refractivity contribution in [1.29, 1.82) is 0 Å². The van der Waals surface area contributed by atoms with E-state index in [4.69, 9.17) is 4.42 Å². The first-order valence-electron chi connectivity index (χ1n) is 6.26. The molecule has 0 bridgehead atoms. The Bertz CT molecular complexity index is 569. The molecule has 0 aromatic carbocycles. The summed E-state index contributed by atoms with van der Waals surface area (Å²) in [6.07, 6.45) is 0.794. The van der Waals surface area contributed by atoms with E-state index in [0.717, 1.165) is 17.3 Å². The largest absolute Gasteiger partial charge is 0.448 e. The molecule has 1 aromatic heterocycles. The van der Waals surface area contributed by atoms with Crippen LogP contribution < -0.4 is 10.6 Å². The Labute approximate surface area is 131 Å². The highest BCUT2D eigenvalue weighted by molar-refractivity contribution is 7.88. The molecule has 1 heterocycles. The molecule has 0 aliphatic carbocycles. The summed E-state index contributed by atoms with van der Waals surface area (Å²) in [5.41, 5.74) is 0.245. The van der Waals surface area contributed by atoms with Crippen LogP contribution in [0.4, 0.5) is 0 Å². The second-order valence-corrected chi connectivity index (χ2v) is 6.62. The van der Waals surface area contributed by atoms with E-state index in [0.29, 0.717) is 6.54 Å². The van der Waals surface area contributed by atoms with E-state index >= 15 is 0 Å². The lowest BCUT2D eigenvalue weighted by Crippen LogP contribution is -2.26. The maximum absolute atomic E-state index is 11.9. The van der Waals surface area contributed by atoms with Crippen LogP contribution in [0.3, 0.4) is 0 Å². The molecule has 9 heteroatoms. The first-order valence-corrected chi connectivity index (χ1v) is 7.70. The van der Waals surface area contributed by atoms with Gasteiger partial charge in [0.05, 0.1) is 5.56 Å². The van der Waals surface area contributed by atoms with Gasteiger partial charge >= 0.3 is 0 Å². The maximum Gasteiger partial charge on any atom is 0.275 e.